The highest BCUT2D eigenvalue weighted by atomic mass is 16.5. The maximum absolute atomic E-state index is 11.5. The highest BCUT2D eigenvalue weighted by Crippen LogP contribution is 2.12. The van der Waals surface area contributed by atoms with Crippen LogP contribution in [0.25, 0.3) is 0 Å². The molecule has 0 fully saturated rings. The van der Waals surface area contributed by atoms with Gasteiger partial charge in [0, 0.05) is 12.2 Å². The van der Waals surface area contributed by atoms with E-state index < -0.39 is 0 Å². The Balaban J connectivity index is 2.03. The minimum Gasteiger partial charge on any atom is -0.465 e. The Labute approximate surface area is 116 Å². The van der Waals surface area contributed by atoms with Crippen LogP contribution < -0.4 is 5.32 Å². The van der Waals surface area contributed by atoms with Crippen LogP contribution in [0.15, 0.2) is 24.3 Å². The lowest BCUT2D eigenvalue weighted by Gasteiger charge is -2.07. The third-order valence-corrected chi connectivity index (χ3v) is 2.78. The molecule has 0 aliphatic heterocycles. The van der Waals surface area contributed by atoms with E-state index in [9.17, 15) is 4.79 Å². The van der Waals surface area contributed by atoms with Crippen LogP contribution in [0.2, 0.25) is 0 Å². The van der Waals surface area contributed by atoms with Crippen molar-refractivity contribution < 1.29 is 9.53 Å². The predicted molar refractivity (Wildman–Crippen MR) is 73.2 cm³/mol. The first-order valence-electron chi connectivity index (χ1n) is 6.42. The van der Waals surface area contributed by atoms with Crippen LogP contribution >= 0.6 is 0 Å². The third-order valence-electron chi connectivity index (χ3n) is 2.78. The minimum atomic E-state index is -0.357. The summed E-state index contributed by atoms with van der Waals surface area (Å²) in [4.78, 5) is 11.5. The molecule has 2 aromatic rings. The molecule has 0 saturated carbocycles. The highest BCUT2D eigenvalue weighted by Gasteiger charge is 2.07. The number of aryl methyl sites for hydroxylation is 1. The summed E-state index contributed by atoms with van der Waals surface area (Å²) < 4.78 is 6.45. The first kappa shape index (κ1) is 14.0. The van der Waals surface area contributed by atoms with Crippen molar-refractivity contribution in [3.63, 3.8) is 0 Å². The molecule has 0 bridgehead atoms. The van der Waals surface area contributed by atoms with Gasteiger partial charge in [-0.3, -0.25) is 0 Å². The Bertz CT molecular complexity index is 582. The van der Waals surface area contributed by atoms with Crippen molar-refractivity contribution in [2.24, 2.45) is 0 Å². The zero-order chi connectivity index (χ0) is 14.4. The van der Waals surface area contributed by atoms with Crippen LogP contribution in [0.3, 0.4) is 0 Å². The second-order valence-corrected chi connectivity index (χ2v) is 4.24. The molecule has 1 N–H and O–H groups in total. The van der Waals surface area contributed by atoms with Gasteiger partial charge in [0.25, 0.3) is 0 Å². The summed E-state index contributed by atoms with van der Waals surface area (Å²) in [5.74, 6) is 0.403. The van der Waals surface area contributed by atoms with E-state index >= 15 is 0 Å². The maximum Gasteiger partial charge on any atom is 0.337 e. The van der Waals surface area contributed by atoms with Crippen molar-refractivity contribution in [1.29, 1.82) is 0 Å². The lowest BCUT2D eigenvalue weighted by molar-refractivity contribution is 0.0601. The first-order valence-corrected chi connectivity index (χ1v) is 6.42. The fourth-order valence-corrected chi connectivity index (χ4v) is 1.79. The quantitative estimate of drug-likeness (QED) is 0.804. The zero-order valence-electron chi connectivity index (χ0n) is 11.5. The minimum absolute atomic E-state index is 0.357. The van der Waals surface area contributed by atoms with E-state index in [1.54, 1.807) is 22.9 Å². The van der Waals surface area contributed by atoms with E-state index in [4.69, 9.17) is 0 Å². The number of carbonyl (C=O) groups excluding carboxylic acids is 1. The lowest BCUT2D eigenvalue weighted by atomic mass is 10.2. The molecule has 20 heavy (non-hydrogen) atoms. The van der Waals surface area contributed by atoms with Crippen LogP contribution in [-0.4, -0.2) is 33.3 Å². The molecule has 7 heteroatoms. The van der Waals surface area contributed by atoms with E-state index in [1.807, 2.05) is 6.07 Å². The van der Waals surface area contributed by atoms with Gasteiger partial charge in [-0.2, -0.15) is 0 Å². The molecule has 0 atom stereocenters. The summed E-state index contributed by atoms with van der Waals surface area (Å²) in [5.41, 5.74) is 1.32. The summed E-state index contributed by atoms with van der Waals surface area (Å²) in [7, 11) is 1.36. The Kier molecular flexibility index (Phi) is 4.65. The molecular weight excluding hydrogens is 258 g/mol. The normalized spacial score (nSPS) is 10.3. The summed E-state index contributed by atoms with van der Waals surface area (Å²) in [6.07, 6.45) is 0.968. The van der Waals surface area contributed by atoms with Crippen molar-refractivity contribution in [1.82, 2.24) is 20.2 Å². The summed E-state index contributed by atoms with van der Waals surface area (Å²) in [5, 5.41) is 14.7. The number of hydrogen-bond acceptors (Lipinski definition) is 6. The Hall–Kier alpha value is -2.44. The predicted octanol–water partition coefficient (Wildman–Crippen LogP) is 1.48. The number of nitrogens with one attached hydrogen (secondary N) is 1. The molecule has 0 aliphatic rings. The number of anilines is 1. The van der Waals surface area contributed by atoms with E-state index in [-0.39, 0.29) is 5.97 Å². The molecular formula is C13H17N5O2. The highest BCUT2D eigenvalue weighted by molar-refractivity contribution is 5.90. The SMILES string of the molecule is CCCn1nnnc1CNc1cccc(C(=O)OC)c1. The van der Waals surface area contributed by atoms with Gasteiger partial charge in [0.2, 0.25) is 0 Å². The first-order chi connectivity index (χ1) is 9.74. The number of esters is 1. The topological polar surface area (TPSA) is 81.9 Å². The molecule has 106 valence electrons. The van der Waals surface area contributed by atoms with Crippen LogP contribution in [0.1, 0.15) is 29.5 Å². The number of hydrogen-bond donors (Lipinski definition) is 1. The fraction of sp³-hybridized carbons (Fsp3) is 0.385. The van der Waals surface area contributed by atoms with Gasteiger partial charge in [-0.1, -0.05) is 13.0 Å². The Morgan fingerprint density at radius 3 is 3.05 bits per heavy atom. The number of methoxy groups -OCH3 is 1. The van der Waals surface area contributed by atoms with Crippen molar-refractivity contribution >= 4 is 11.7 Å². The van der Waals surface area contributed by atoms with Crippen LogP contribution in [0.5, 0.6) is 0 Å². The van der Waals surface area contributed by atoms with Gasteiger partial charge in [-0.05, 0) is 35.0 Å². The van der Waals surface area contributed by atoms with Crippen LogP contribution in [0.4, 0.5) is 5.69 Å². The van der Waals surface area contributed by atoms with Crippen LogP contribution in [-0.2, 0) is 17.8 Å². The summed E-state index contributed by atoms with van der Waals surface area (Å²) in [6, 6.07) is 7.11. The number of ether oxygens (including phenoxy) is 1. The molecule has 0 amide bonds. The van der Waals surface area contributed by atoms with E-state index in [2.05, 4.69) is 32.5 Å². The molecule has 1 aromatic carbocycles. The summed E-state index contributed by atoms with van der Waals surface area (Å²) in [6.45, 7) is 3.35. The van der Waals surface area contributed by atoms with E-state index in [1.165, 1.54) is 7.11 Å². The van der Waals surface area contributed by atoms with Gasteiger partial charge < -0.3 is 10.1 Å². The standard InChI is InChI=1S/C13H17N5O2/c1-3-7-18-12(15-16-17-18)9-14-11-6-4-5-10(8-11)13(19)20-2/h4-6,8,14H,3,7,9H2,1-2H3. The van der Waals surface area contributed by atoms with Crippen molar-refractivity contribution in [2.45, 2.75) is 26.4 Å². The molecule has 1 heterocycles. The van der Waals surface area contributed by atoms with Gasteiger partial charge in [-0.25, -0.2) is 9.48 Å². The van der Waals surface area contributed by atoms with Gasteiger partial charge in [0.1, 0.15) is 0 Å². The number of carbonyl (C=O) groups is 1. The Morgan fingerprint density at radius 1 is 1.45 bits per heavy atom. The van der Waals surface area contributed by atoms with Crippen LogP contribution in [0, 0.1) is 0 Å². The monoisotopic (exact) mass is 275 g/mol. The van der Waals surface area contributed by atoms with Gasteiger partial charge >= 0.3 is 5.97 Å². The van der Waals surface area contributed by atoms with Crippen molar-refractivity contribution in [3.05, 3.63) is 35.7 Å². The largest absolute Gasteiger partial charge is 0.465 e. The van der Waals surface area contributed by atoms with Gasteiger partial charge in [0.15, 0.2) is 5.82 Å². The average molecular weight is 275 g/mol. The fourth-order valence-electron chi connectivity index (χ4n) is 1.79. The average Bonchev–Trinajstić information content (AvgIpc) is 2.92. The second kappa shape index (κ2) is 6.65. The molecule has 0 aliphatic carbocycles. The molecule has 0 saturated heterocycles. The molecule has 7 nitrogen and oxygen atoms in total. The van der Waals surface area contributed by atoms with E-state index in [0.29, 0.717) is 12.1 Å². The van der Waals surface area contributed by atoms with Gasteiger partial charge in [0.05, 0.1) is 19.2 Å². The smallest absolute Gasteiger partial charge is 0.337 e. The third kappa shape index (κ3) is 3.31. The molecule has 0 radical (unpaired) electrons. The number of nitrogens with zero attached hydrogens (tertiary/aromatic N) is 4. The number of benzene rings is 1. The molecule has 0 unspecified atom stereocenters. The summed E-state index contributed by atoms with van der Waals surface area (Å²) >= 11 is 0. The number of rotatable bonds is 6. The second-order valence-electron chi connectivity index (χ2n) is 4.24. The Morgan fingerprint density at radius 2 is 2.30 bits per heavy atom. The molecule has 2 rings (SSSR count). The van der Waals surface area contributed by atoms with E-state index in [0.717, 1.165) is 24.5 Å². The van der Waals surface area contributed by atoms with Gasteiger partial charge in [-0.15, -0.1) is 5.10 Å². The molecule has 0 spiro atoms. The van der Waals surface area contributed by atoms with Crippen molar-refractivity contribution in [2.75, 3.05) is 12.4 Å². The molecule has 1 aromatic heterocycles. The lowest BCUT2D eigenvalue weighted by Crippen LogP contribution is -2.10. The number of tetrazole rings is 1. The zero-order valence-corrected chi connectivity index (χ0v) is 11.5. The van der Waals surface area contributed by atoms with Crippen molar-refractivity contribution in [3.8, 4) is 0 Å². The number of aromatic nitrogens is 4. The maximum atomic E-state index is 11.5.